The number of benzene rings is 5. The van der Waals surface area contributed by atoms with Gasteiger partial charge in [-0.15, -0.1) is 0 Å². The van der Waals surface area contributed by atoms with Crippen LogP contribution in [0.5, 0.6) is 0 Å². The van der Waals surface area contributed by atoms with E-state index in [1.165, 1.54) is 38.4 Å². The van der Waals surface area contributed by atoms with Crippen molar-refractivity contribution in [2.75, 3.05) is 25.0 Å². The smallest absolute Gasteiger partial charge is 0.140 e. The average molecular weight is 553 g/mol. The SMILES string of the molecule is C[C@]1(CN(N)C(/N=C/c2ccc3ccccc3c2)c2ccc3ccccc3c2)C[N@]1NCc1ccc2c(c1)NCC=C2. The van der Waals surface area contributed by atoms with E-state index in [0.717, 1.165) is 30.8 Å². The molecule has 0 saturated carbocycles. The summed E-state index contributed by atoms with van der Waals surface area (Å²) in [6, 6.07) is 36.4. The lowest BCUT2D eigenvalue weighted by molar-refractivity contribution is 0.163. The van der Waals surface area contributed by atoms with Crippen molar-refractivity contribution < 1.29 is 0 Å². The Balaban J connectivity index is 1.09. The Morgan fingerprint density at radius 1 is 0.929 bits per heavy atom. The van der Waals surface area contributed by atoms with Crippen LogP contribution in [0.15, 0.2) is 114 Å². The molecule has 2 heterocycles. The van der Waals surface area contributed by atoms with Gasteiger partial charge in [0.2, 0.25) is 0 Å². The summed E-state index contributed by atoms with van der Waals surface area (Å²) in [7, 11) is 0. The predicted molar refractivity (Wildman–Crippen MR) is 175 cm³/mol. The normalized spacial score (nSPS) is 20.2. The largest absolute Gasteiger partial charge is 0.381 e. The highest BCUT2D eigenvalue weighted by molar-refractivity contribution is 5.90. The van der Waals surface area contributed by atoms with E-state index < -0.39 is 0 Å². The number of hydrogen-bond donors (Lipinski definition) is 3. The van der Waals surface area contributed by atoms with Gasteiger partial charge >= 0.3 is 0 Å². The maximum atomic E-state index is 6.87. The first-order valence-corrected chi connectivity index (χ1v) is 14.6. The summed E-state index contributed by atoms with van der Waals surface area (Å²) in [4.78, 5) is 5.07. The molecular formula is C36H36N6. The Kier molecular flexibility index (Phi) is 7.06. The van der Waals surface area contributed by atoms with Crippen LogP contribution in [0.1, 0.15) is 35.3 Å². The summed E-state index contributed by atoms with van der Waals surface area (Å²) < 4.78 is 0. The number of nitrogens with zero attached hydrogens (tertiary/aromatic N) is 3. The van der Waals surface area contributed by atoms with E-state index in [1.54, 1.807) is 0 Å². The van der Waals surface area contributed by atoms with Gasteiger partial charge in [0.25, 0.3) is 0 Å². The molecule has 0 aromatic heterocycles. The number of nitrogens with one attached hydrogen (secondary N) is 2. The molecule has 0 bridgehead atoms. The van der Waals surface area contributed by atoms with Gasteiger partial charge in [-0.25, -0.2) is 10.0 Å². The first kappa shape index (κ1) is 26.6. The van der Waals surface area contributed by atoms with Crippen molar-refractivity contribution in [1.29, 1.82) is 0 Å². The van der Waals surface area contributed by atoms with Crippen molar-refractivity contribution in [1.82, 2.24) is 15.4 Å². The maximum absolute atomic E-state index is 6.87. The molecule has 2 aliphatic rings. The van der Waals surface area contributed by atoms with Gasteiger partial charge in [0.05, 0.1) is 5.54 Å². The van der Waals surface area contributed by atoms with E-state index in [4.69, 9.17) is 10.8 Å². The van der Waals surface area contributed by atoms with Gasteiger partial charge in [-0.1, -0.05) is 97.1 Å². The molecule has 5 aromatic carbocycles. The third kappa shape index (κ3) is 5.58. The first-order valence-electron chi connectivity index (χ1n) is 14.6. The average Bonchev–Trinajstić information content (AvgIpc) is 3.68. The quantitative estimate of drug-likeness (QED) is 0.0843. The van der Waals surface area contributed by atoms with E-state index in [9.17, 15) is 0 Å². The number of rotatable bonds is 9. The number of anilines is 1. The molecule has 0 aliphatic carbocycles. The lowest BCUT2D eigenvalue weighted by atomic mass is 10.0. The highest BCUT2D eigenvalue weighted by Gasteiger charge is 2.49. The summed E-state index contributed by atoms with van der Waals surface area (Å²) in [5.74, 6) is 6.87. The van der Waals surface area contributed by atoms with E-state index >= 15 is 0 Å². The Bertz CT molecular complexity index is 1810. The van der Waals surface area contributed by atoms with Gasteiger partial charge in [0.15, 0.2) is 0 Å². The fraction of sp³-hybridized carbons (Fsp3) is 0.194. The Labute approximate surface area is 247 Å². The molecule has 0 spiro atoms. The van der Waals surface area contributed by atoms with Crippen molar-refractivity contribution in [2.24, 2.45) is 10.8 Å². The van der Waals surface area contributed by atoms with E-state index in [0.29, 0.717) is 6.54 Å². The van der Waals surface area contributed by atoms with Crippen molar-refractivity contribution in [3.8, 4) is 0 Å². The number of aliphatic imine (C=N–C) groups is 1. The molecule has 1 fully saturated rings. The molecule has 0 radical (unpaired) electrons. The Hall–Kier alpha value is -4.33. The minimum absolute atomic E-state index is 0.0858. The Morgan fingerprint density at radius 2 is 1.67 bits per heavy atom. The van der Waals surface area contributed by atoms with Gasteiger partial charge in [0, 0.05) is 38.1 Å². The van der Waals surface area contributed by atoms with Crippen LogP contribution in [0.3, 0.4) is 0 Å². The number of fused-ring (bicyclic) bond motifs is 3. The fourth-order valence-corrected chi connectivity index (χ4v) is 5.90. The molecular weight excluding hydrogens is 516 g/mol. The van der Waals surface area contributed by atoms with Crippen molar-refractivity contribution in [3.63, 3.8) is 0 Å². The molecule has 6 nitrogen and oxygen atoms in total. The van der Waals surface area contributed by atoms with Crippen LogP contribution >= 0.6 is 0 Å². The molecule has 5 aromatic rings. The molecule has 1 saturated heterocycles. The summed E-state index contributed by atoms with van der Waals surface area (Å²) in [5.41, 5.74) is 9.36. The summed E-state index contributed by atoms with van der Waals surface area (Å²) in [6.07, 6.45) is 5.96. The highest BCUT2D eigenvalue weighted by Crippen LogP contribution is 2.33. The van der Waals surface area contributed by atoms with Gasteiger partial charge in [0.1, 0.15) is 6.17 Å². The lowest BCUT2D eigenvalue weighted by Gasteiger charge is -2.28. The van der Waals surface area contributed by atoms with Gasteiger partial charge in [-0.05, 0) is 68.9 Å². The Morgan fingerprint density at radius 3 is 2.48 bits per heavy atom. The zero-order valence-electron chi connectivity index (χ0n) is 23.9. The van der Waals surface area contributed by atoms with Crippen LogP contribution < -0.4 is 16.6 Å². The third-order valence-electron chi connectivity index (χ3n) is 8.39. The number of nitrogens with two attached hydrogens (primary N) is 1. The zero-order valence-corrected chi connectivity index (χ0v) is 23.9. The van der Waals surface area contributed by atoms with Crippen LogP contribution in [0.25, 0.3) is 27.6 Å². The summed E-state index contributed by atoms with van der Waals surface area (Å²) in [6.45, 7) is 5.49. The second-order valence-electron chi connectivity index (χ2n) is 11.7. The molecule has 0 amide bonds. The van der Waals surface area contributed by atoms with E-state index in [2.05, 4.69) is 138 Å². The van der Waals surface area contributed by atoms with Crippen molar-refractivity contribution in [2.45, 2.75) is 25.2 Å². The molecule has 2 aliphatic heterocycles. The van der Waals surface area contributed by atoms with Crippen molar-refractivity contribution in [3.05, 3.63) is 131 Å². The topological polar surface area (TPSA) is 68.7 Å². The van der Waals surface area contributed by atoms with Gasteiger partial charge in [-0.2, -0.15) is 0 Å². The predicted octanol–water partition coefficient (Wildman–Crippen LogP) is 6.50. The van der Waals surface area contributed by atoms with Gasteiger partial charge < -0.3 is 5.32 Å². The molecule has 4 N–H and O–H groups in total. The van der Waals surface area contributed by atoms with Gasteiger partial charge in [-0.3, -0.25) is 16.3 Å². The van der Waals surface area contributed by atoms with Crippen LogP contribution in [0.2, 0.25) is 0 Å². The number of hydrazine groups is 2. The molecule has 3 atom stereocenters. The van der Waals surface area contributed by atoms with Crippen LogP contribution in [0.4, 0.5) is 5.69 Å². The second kappa shape index (κ2) is 11.2. The first-order chi connectivity index (χ1) is 20.5. The minimum atomic E-state index is -0.319. The molecule has 1 unspecified atom stereocenters. The third-order valence-corrected chi connectivity index (χ3v) is 8.39. The number of hydrogen-bond acceptors (Lipinski definition) is 6. The van der Waals surface area contributed by atoms with Crippen molar-refractivity contribution >= 4 is 39.5 Å². The summed E-state index contributed by atoms with van der Waals surface area (Å²) in [5, 5.41) is 12.4. The van der Waals surface area contributed by atoms with E-state index in [-0.39, 0.29) is 11.7 Å². The van der Waals surface area contributed by atoms with Crippen LogP contribution in [-0.4, -0.2) is 41.4 Å². The minimum Gasteiger partial charge on any atom is -0.381 e. The molecule has 210 valence electrons. The highest BCUT2D eigenvalue weighted by atomic mass is 15.7. The lowest BCUT2D eigenvalue weighted by Crippen LogP contribution is -2.43. The molecule has 7 rings (SSSR count). The monoisotopic (exact) mass is 552 g/mol. The zero-order chi connectivity index (χ0) is 28.5. The maximum Gasteiger partial charge on any atom is 0.140 e. The van der Waals surface area contributed by atoms with Crippen LogP contribution in [-0.2, 0) is 6.54 Å². The van der Waals surface area contributed by atoms with Crippen LogP contribution in [0, 0.1) is 0 Å². The standard InChI is InChI=1S/C36H36N6/c1-36(25-42(36)40-23-27-13-15-30-11-6-18-38-34(30)20-27)24-41(37)35(33-17-16-29-8-3-5-10-32(29)21-33)39-22-26-12-14-28-7-2-4-9-31(28)19-26/h2-17,19-22,35,38,40H,18,23-25,37H2,1H3/b39-22+/t35?,36-,42-/m0/s1. The van der Waals surface area contributed by atoms with E-state index in [1.807, 2.05) is 11.2 Å². The summed E-state index contributed by atoms with van der Waals surface area (Å²) >= 11 is 0. The molecule has 42 heavy (non-hydrogen) atoms. The molecule has 6 heteroatoms. The fourth-order valence-electron chi connectivity index (χ4n) is 5.90. The second-order valence-corrected chi connectivity index (χ2v) is 11.7.